The zero-order valence-corrected chi connectivity index (χ0v) is 17.3. The molecule has 0 atom stereocenters. The van der Waals surface area contributed by atoms with Crippen molar-refractivity contribution in [2.24, 2.45) is 5.10 Å². The van der Waals surface area contributed by atoms with Crippen molar-refractivity contribution in [3.63, 3.8) is 0 Å². The fourth-order valence-electron chi connectivity index (χ4n) is 2.51. The summed E-state index contributed by atoms with van der Waals surface area (Å²) >= 11 is 0. The molecule has 0 unspecified atom stereocenters. The molecule has 12 nitrogen and oxygen atoms in total. The SMILES string of the molecule is O=C(N/N=C\c1ccc(OS(=O)(=O)c2ccc([N+](=O)[O-])cc2)cc1)c1cccc([N+](=O)[O-])c1. The third-order valence-corrected chi connectivity index (χ3v) is 5.38. The number of nitro benzene ring substituents is 2. The number of hydrazone groups is 1. The van der Waals surface area contributed by atoms with E-state index in [0.29, 0.717) is 5.56 Å². The number of carbonyl (C=O) groups excluding carboxylic acids is 1. The zero-order chi connectivity index (χ0) is 24.0. The lowest BCUT2D eigenvalue weighted by molar-refractivity contribution is -0.385. The summed E-state index contributed by atoms with van der Waals surface area (Å²) < 4.78 is 29.6. The molecule has 0 saturated carbocycles. The van der Waals surface area contributed by atoms with Crippen molar-refractivity contribution in [1.29, 1.82) is 0 Å². The molecule has 3 aromatic rings. The van der Waals surface area contributed by atoms with Crippen molar-refractivity contribution in [3.8, 4) is 5.75 Å². The Morgan fingerprint density at radius 3 is 2.15 bits per heavy atom. The molecule has 168 valence electrons. The van der Waals surface area contributed by atoms with Gasteiger partial charge in [-0.25, -0.2) is 5.43 Å². The van der Waals surface area contributed by atoms with Gasteiger partial charge in [-0.2, -0.15) is 13.5 Å². The van der Waals surface area contributed by atoms with Crippen molar-refractivity contribution in [1.82, 2.24) is 5.43 Å². The molecule has 0 radical (unpaired) electrons. The minimum atomic E-state index is -4.20. The van der Waals surface area contributed by atoms with E-state index in [2.05, 4.69) is 10.5 Å². The topological polar surface area (TPSA) is 171 Å². The van der Waals surface area contributed by atoms with Crippen molar-refractivity contribution < 1.29 is 27.2 Å². The fourth-order valence-corrected chi connectivity index (χ4v) is 3.44. The van der Waals surface area contributed by atoms with Crippen LogP contribution in [-0.4, -0.2) is 30.4 Å². The summed E-state index contributed by atoms with van der Waals surface area (Å²) in [4.78, 5) is 32.0. The van der Waals surface area contributed by atoms with Gasteiger partial charge in [0.25, 0.3) is 17.3 Å². The maximum atomic E-state index is 12.3. The molecule has 13 heteroatoms. The summed E-state index contributed by atoms with van der Waals surface area (Å²) in [6.45, 7) is 0. The standard InChI is InChI=1S/C20H14N4O8S/c25-20(15-2-1-3-17(12-15)24(28)29)22-21-13-14-4-8-18(9-5-14)32-33(30,31)19-10-6-16(7-11-19)23(26)27/h1-13H,(H,22,25)/b21-13-. The molecular weight excluding hydrogens is 456 g/mol. The van der Waals surface area contributed by atoms with Crippen LogP contribution in [0.5, 0.6) is 5.75 Å². The van der Waals surface area contributed by atoms with Gasteiger partial charge in [-0.15, -0.1) is 0 Å². The number of nitro groups is 2. The van der Waals surface area contributed by atoms with Crippen LogP contribution in [0.3, 0.4) is 0 Å². The summed E-state index contributed by atoms with van der Waals surface area (Å²) in [6, 6.07) is 15.0. The van der Waals surface area contributed by atoms with Gasteiger partial charge in [0.15, 0.2) is 0 Å². The first-order valence-electron chi connectivity index (χ1n) is 9.02. The number of benzene rings is 3. The molecule has 0 aliphatic carbocycles. The van der Waals surface area contributed by atoms with E-state index in [4.69, 9.17) is 4.18 Å². The number of carbonyl (C=O) groups is 1. The van der Waals surface area contributed by atoms with E-state index < -0.39 is 25.9 Å². The summed E-state index contributed by atoms with van der Waals surface area (Å²) in [5, 5.41) is 25.2. The van der Waals surface area contributed by atoms with Crippen LogP contribution in [-0.2, 0) is 10.1 Å². The smallest absolute Gasteiger partial charge is 0.339 e. The summed E-state index contributed by atoms with van der Waals surface area (Å²) in [5.41, 5.74) is 2.30. The summed E-state index contributed by atoms with van der Waals surface area (Å²) in [5.74, 6) is -0.657. The molecular formula is C20H14N4O8S. The van der Waals surface area contributed by atoms with E-state index >= 15 is 0 Å². The minimum Gasteiger partial charge on any atom is -0.379 e. The predicted octanol–water partition coefficient (Wildman–Crippen LogP) is 3.03. The third kappa shape index (κ3) is 5.95. The van der Waals surface area contributed by atoms with Crippen molar-refractivity contribution in [2.75, 3.05) is 0 Å². The molecule has 0 bridgehead atoms. The van der Waals surface area contributed by atoms with Gasteiger partial charge in [0.1, 0.15) is 10.6 Å². The second kappa shape index (κ2) is 9.65. The van der Waals surface area contributed by atoms with Gasteiger partial charge in [0.2, 0.25) is 0 Å². The maximum absolute atomic E-state index is 12.3. The Morgan fingerprint density at radius 1 is 0.909 bits per heavy atom. The average molecular weight is 470 g/mol. The van der Waals surface area contributed by atoms with Crippen LogP contribution in [0.15, 0.2) is 82.8 Å². The highest BCUT2D eigenvalue weighted by molar-refractivity contribution is 7.87. The largest absolute Gasteiger partial charge is 0.379 e. The summed E-state index contributed by atoms with van der Waals surface area (Å²) in [6.07, 6.45) is 1.28. The Morgan fingerprint density at radius 2 is 1.55 bits per heavy atom. The Labute approximate surface area is 186 Å². The van der Waals surface area contributed by atoms with Crippen molar-refractivity contribution in [2.45, 2.75) is 4.90 Å². The fraction of sp³-hybridized carbons (Fsp3) is 0. The first kappa shape index (κ1) is 23.0. The Bertz CT molecular complexity index is 1340. The van der Waals surface area contributed by atoms with Gasteiger partial charge < -0.3 is 4.18 Å². The van der Waals surface area contributed by atoms with Crippen LogP contribution in [0, 0.1) is 20.2 Å². The van der Waals surface area contributed by atoms with Gasteiger partial charge >= 0.3 is 10.1 Å². The molecule has 3 rings (SSSR count). The third-order valence-electron chi connectivity index (χ3n) is 4.12. The first-order valence-corrected chi connectivity index (χ1v) is 10.4. The van der Waals surface area contributed by atoms with Crippen LogP contribution in [0.4, 0.5) is 11.4 Å². The average Bonchev–Trinajstić information content (AvgIpc) is 2.80. The van der Waals surface area contributed by atoms with Gasteiger partial charge in [0.05, 0.1) is 16.1 Å². The number of nitrogens with one attached hydrogen (secondary N) is 1. The molecule has 33 heavy (non-hydrogen) atoms. The summed E-state index contributed by atoms with van der Waals surface area (Å²) in [7, 11) is -4.20. The van der Waals surface area contributed by atoms with Crippen LogP contribution in [0.1, 0.15) is 15.9 Å². The quantitative estimate of drug-likeness (QED) is 0.226. The van der Waals surface area contributed by atoms with Crippen LogP contribution in [0.2, 0.25) is 0 Å². The Hall–Kier alpha value is -4.65. The maximum Gasteiger partial charge on any atom is 0.339 e. The second-order valence-corrected chi connectivity index (χ2v) is 7.91. The van der Waals surface area contributed by atoms with Crippen LogP contribution in [0.25, 0.3) is 0 Å². The van der Waals surface area contributed by atoms with Crippen molar-refractivity contribution in [3.05, 3.63) is 104 Å². The van der Waals surface area contributed by atoms with E-state index in [1.165, 1.54) is 48.7 Å². The number of non-ortho nitro benzene ring substituents is 2. The predicted molar refractivity (Wildman–Crippen MR) is 116 cm³/mol. The zero-order valence-electron chi connectivity index (χ0n) is 16.5. The molecule has 0 saturated heterocycles. The highest BCUT2D eigenvalue weighted by Gasteiger charge is 2.18. The molecule has 1 amide bonds. The first-order chi connectivity index (χ1) is 15.7. The number of nitrogens with zero attached hydrogens (tertiary/aromatic N) is 3. The van der Waals surface area contributed by atoms with Gasteiger partial charge in [-0.05, 0) is 48.0 Å². The molecule has 0 aliphatic rings. The van der Waals surface area contributed by atoms with E-state index in [-0.39, 0.29) is 27.6 Å². The molecule has 0 fully saturated rings. The Balaban J connectivity index is 1.62. The number of hydrogen-bond donors (Lipinski definition) is 1. The van der Waals surface area contributed by atoms with Gasteiger partial charge in [-0.3, -0.25) is 25.0 Å². The second-order valence-electron chi connectivity index (χ2n) is 6.36. The molecule has 0 aliphatic heterocycles. The minimum absolute atomic E-state index is 0.00821. The molecule has 0 aromatic heterocycles. The van der Waals surface area contributed by atoms with Crippen LogP contribution < -0.4 is 9.61 Å². The normalized spacial score (nSPS) is 11.2. The monoisotopic (exact) mass is 470 g/mol. The molecule has 3 aromatic carbocycles. The molecule has 1 N–H and O–H groups in total. The lowest BCUT2D eigenvalue weighted by atomic mass is 10.2. The van der Waals surface area contributed by atoms with Gasteiger partial charge in [-0.1, -0.05) is 6.07 Å². The van der Waals surface area contributed by atoms with Gasteiger partial charge in [0, 0.05) is 29.8 Å². The molecule has 0 heterocycles. The number of hydrogen-bond acceptors (Lipinski definition) is 9. The van der Waals surface area contributed by atoms with E-state index in [0.717, 1.165) is 30.3 Å². The van der Waals surface area contributed by atoms with E-state index in [1.54, 1.807) is 0 Å². The highest BCUT2D eigenvalue weighted by atomic mass is 32.2. The number of amides is 1. The Kier molecular flexibility index (Phi) is 6.74. The highest BCUT2D eigenvalue weighted by Crippen LogP contribution is 2.21. The van der Waals surface area contributed by atoms with E-state index in [9.17, 15) is 33.4 Å². The van der Waals surface area contributed by atoms with Crippen molar-refractivity contribution >= 4 is 33.6 Å². The van der Waals surface area contributed by atoms with E-state index in [1.807, 2.05) is 0 Å². The lowest BCUT2D eigenvalue weighted by Crippen LogP contribution is -2.17. The molecule has 0 spiro atoms. The number of rotatable bonds is 8. The lowest BCUT2D eigenvalue weighted by Gasteiger charge is -2.07. The van der Waals surface area contributed by atoms with Crippen LogP contribution >= 0.6 is 0 Å².